The largest absolute Gasteiger partial charge is 0.480 e. The summed E-state index contributed by atoms with van der Waals surface area (Å²) >= 11 is 0. The van der Waals surface area contributed by atoms with Crippen molar-refractivity contribution >= 4 is 5.97 Å². The van der Waals surface area contributed by atoms with E-state index in [4.69, 9.17) is 4.74 Å². The number of ether oxygens (including phenoxy) is 1. The minimum absolute atomic E-state index is 0.00653. The predicted molar refractivity (Wildman–Crippen MR) is 73.0 cm³/mol. The van der Waals surface area contributed by atoms with E-state index in [1.165, 1.54) is 12.1 Å². The smallest absolute Gasteiger partial charge is 0.328 e. The molecular weight excluding hydrogens is 261 g/mol. The number of rotatable bonds is 6. The van der Waals surface area contributed by atoms with E-state index in [9.17, 15) is 14.3 Å². The molecule has 1 fully saturated rings. The zero-order valence-electron chi connectivity index (χ0n) is 11.6. The van der Waals surface area contributed by atoms with Crippen LogP contribution in [0.1, 0.15) is 31.7 Å². The van der Waals surface area contributed by atoms with Crippen LogP contribution in [0.5, 0.6) is 0 Å². The number of carboxylic acid groups (broad SMARTS) is 1. The number of carbonyl (C=O) groups is 1. The molecule has 1 aromatic rings. The summed E-state index contributed by atoms with van der Waals surface area (Å²) in [6.07, 6.45) is 2.16. The van der Waals surface area contributed by atoms with Crippen LogP contribution in [0.3, 0.4) is 0 Å². The van der Waals surface area contributed by atoms with E-state index in [1.54, 1.807) is 19.1 Å². The molecule has 20 heavy (non-hydrogen) atoms. The van der Waals surface area contributed by atoms with Gasteiger partial charge < -0.3 is 9.84 Å². The fourth-order valence-corrected chi connectivity index (χ4v) is 2.65. The lowest BCUT2D eigenvalue weighted by atomic mass is 9.86. The molecule has 1 aliphatic heterocycles. The maximum Gasteiger partial charge on any atom is 0.328 e. The van der Waals surface area contributed by atoms with Gasteiger partial charge in [-0.25, -0.2) is 9.18 Å². The molecule has 2 rings (SSSR count). The molecule has 0 bridgehead atoms. The van der Waals surface area contributed by atoms with Crippen molar-refractivity contribution in [2.75, 3.05) is 13.2 Å². The maximum absolute atomic E-state index is 14.0. The molecule has 1 saturated heterocycles. The molecule has 0 aromatic heterocycles. The number of halogens is 1. The third-order valence-corrected chi connectivity index (χ3v) is 3.88. The van der Waals surface area contributed by atoms with Gasteiger partial charge in [-0.05, 0) is 25.3 Å². The van der Waals surface area contributed by atoms with Crippen LogP contribution in [0.2, 0.25) is 0 Å². The van der Waals surface area contributed by atoms with E-state index in [2.05, 4.69) is 5.32 Å². The topological polar surface area (TPSA) is 58.6 Å². The fraction of sp³-hybridized carbons (Fsp3) is 0.533. The molecule has 0 radical (unpaired) electrons. The van der Waals surface area contributed by atoms with E-state index in [-0.39, 0.29) is 18.1 Å². The third kappa shape index (κ3) is 2.83. The number of benzene rings is 1. The fourth-order valence-electron chi connectivity index (χ4n) is 2.65. The van der Waals surface area contributed by atoms with Gasteiger partial charge >= 0.3 is 5.97 Å². The summed E-state index contributed by atoms with van der Waals surface area (Å²) in [5.41, 5.74) is -1.23. The number of hydrogen-bond acceptors (Lipinski definition) is 3. The molecule has 0 aliphatic carbocycles. The monoisotopic (exact) mass is 281 g/mol. The molecule has 0 amide bonds. The number of hydrogen-bond donors (Lipinski definition) is 2. The highest BCUT2D eigenvalue weighted by Gasteiger charge is 2.41. The zero-order valence-corrected chi connectivity index (χ0v) is 11.6. The summed E-state index contributed by atoms with van der Waals surface area (Å²) in [6, 6.07) is 6.02. The van der Waals surface area contributed by atoms with Crippen molar-refractivity contribution in [3.63, 3.8) is 0 Å². The highest BCUT2D eigenvalue weighted by molar-refractivity contribution is 5.80. The van der Waals surface area contributed by atoms with Crippen molar-refractivity contribution in [3.05, 3.63) is 35.6 Å². The van der Waals surface area contributed by atoms with Gasteiger partial charge in [-0.1, -0.05) is 25.1 Å². The number of nitrogens with one attached hydrogen (secondary N) is 1. The Morgan fingerprint density at radius 1 is 1.55 bits per heavy atom. The summed E-state index contributed by atoms with van der Waals surface area (Å²) in [4.78, 5) is 11.7. The summed E-state index contributed by atoms with van der Waals surface area (Å²) in [6.45, 7) is 2.86. The van der Waals surface area contributed by atoms with Crippen LogP contribution in [-0.4, -0.2) is 30.3 Å². The van der Waals surface area contributed by atoms with Crippen LogP contribution < -0.4 is 5.32 Å². The molecule has 2 unspecified atom stereocenters. The molecule has 0 saturated carbocycles. The Bertz CT molecular complexity index is 474. The van der Waals surface area contributed by atoms with Crippen LogP contribution in [-0.2, 0) is 15.1 Å². The van der Waals surface area contributed by atoms with Gasteiger partial charge in [-0.15, -0.1) is 0 Å². The molecular formula is C15H20FNO3. The third-order valence-electron chi connectivity index (χ3n) is 3.88. The second-order valence-electron chi connectivity index (χ2n) is 5.06. The van der Waals surface area contributed by atoms with Crippen molar-refractivity contribution in [2.24, 2.45) is 0 Å². The lowest BCUT2D eigenvalue weighted by Gasteiger charge is -2.31. The van der Waals surface area contributed by atoms with Crippen LogP contribution in [0.25, 0.3) is 0 Å². The van der Waals surface area contributed by atoms with E-state index >= 15 is 0 Å². The van der Waals surface area contributed by atoms with Gasteiger partial charge in [0.15, 0.2) is 0 Å². The Kier molecular flexibility index (Phi) is 4.73. The molecule has 4 nitrogen and oxygen atoms in total. The lowest BCUT2D eigenvalue weighted by Crippen LogP contribution is -2.51. The molecule has 2 N–H and O–H groups in total. The van der Waals surface area contributed by atoms with E-state index in [0.717, 1.165) is 12.8 Å². The molecule has 1 heterocycles. The minimum atomic E-state index is -1.41. The van der Waals surface area contributed by atoms with Gasteiger partial charge in [0, 0.05) is 18.7 Å². The quantitative estimate of drug-likeness (QED) is 0.840. The van der Waals surface area contributed by atoms with Gasteiger partial charge in [-0.3, -0.25) is 5.32 Å². The van der Waals surface area contributed by atoms with E-state index < -0.39 is 17.3 Å². The van der Waals surface area contributed by atoms with Crippen molar-refractivity contribution < 1.29 is 19.0 Å². The maximum atomic E-state index is 14.0. The first-order chi connectivity index (χ1) is 9.60. The standard InChI is InChI=1S/C15H20FNO3/c1-2-15(14(18)19,12-7-3-4-8-13(12)16)17-10-11-6-5-9-20-11/h3-4,7-8,11,17H,2,5-6,9-10H2,1H3,(H,18,19). The number of aliphatic carboxylic acids is 1. The number of carboxylic acids is 1. The Morgan fingerprint density at radius 2 is 2.30 bits per heavy atom. The van der Waals surface area contributed by atoms with Gasteiger partial charge in [0.05, 0.1) is 6.10 Å². The Balaban J connectivity index is 2.25. The Labute approximate surface area is 117 Å². The Hall–Kier alpha value is -1.46. The minimum Gasteiger partial charge on any atom is -0.480 e. The summed E-state index contributed by atoms with van der Waals surface area (Å²) in [5, 5.41) is 12.6. The zero-order chi connectivity index (χ0) is 14.6. The average molecular weight is 281 g/mol. The molecule has 1 aromatic carbocycles. The first-order valence-corrected chi connectivity index (χ1v) is 6.95. The van der Waals surface area contributed by atoms with Crippen LogP contribution in [0.15, 0.2) is 24.3 Å². The average Bonchev–Trinajstić information content (AvgIpc) is 2.94. The summed E-state index contributed by atoms with van der Waals surface area (Å²) < 4.78 is 19.5. The van der Waals surface area contributed by atoms with E-state index in [1.807, 2.05) is 0 Å². The van der Waals surface area contributed by atoms with Gasteiger partial charge in [0.1, 0.15) is 11.4 Å². The second kappa shape index (κ2) is 6.33. The highest BCUT2D eigenvalue weighted by atomic mass is 19.1. The molecule has 110 valence electrons. The molecule has 2 atom stereocenters. The SMILES string of the molecule is CCC(NCC1CCCO1)(C(=O)O)c1ccccc1F. The molecule has 0 spiro atoms. The summed E-state index contributed by atoms with van der Waals surface area (Å²) in [7, 11) is 0. The highest BCUT2D eigenvalue weighted by Crippen LogP contribution is 2.28. The van der Waals surface area contributed by atoms with Crippen molar-refractivity contribution in [2.45, 2.75) is 37.8 Å². The first-order valence-electron chi connectivity index (χ1n) is 6.95. The van der Waals surface area contributed by atoms with Crippen molar-refractivity contribution in [1.29, 1.82) is 0 Å². The van der Waals surface area contributed by atoms with Crippen molar-refractivity contribution in [3.8, 4) is 0 Å². The van der Waals surface area contributed by atoms with Gasteiger partial charge in [0.2, 0.25) is 0 Å². The van der Waals surface area contributed by atoms with Gasteiger partial charge in [-0.2, -0.15) is 0 Å². The molecule has 1 aliphatic rings. The Morgan fingerprint density at radius 3 is 2.85 bits per heavy atom. The predicted octanol–water partition coefficient (Wildman–Crippen LogP) is 2.28. The van der Waals surface area contributed by atoms with Gasteiger partial charge in [0.25, 0.3) is 0 Å². The van der Waals surface area contributed by atoms with E-state index in [0.29, 0.717) is 13.2 Å². The van der Waals surface area contributed by atoms with Crippen LogP contribution >= 0.6 is 0 Å². The summed E-state index contributed by atoms with van der Waals surface area (Å²) in [5.74, 6) is -1.57. The molecule has 5 heteroatoms. The van der Waals surface area contributed by atoms with Crippen LogP contribution in [0.4, 0.5) is 4.39 Å². The van der Waals surface area contributed by atoms with Crippen LogP contribution in [0, 0.1) is 5.82 Å². The van der Waals surface area contributed by atoms with Crippen molar-refractivity contribution in [1.82, 2.24) is 5.32 Å². The lowest BCUT2D eigenvalue weighted by molar-refractivity contribution is -0.146. The normalized spacial score (nSPS) is 21.6. The second-order valence-corrected chi connectivity index (χ2v) is 5.06. The first kappa shape index (κ1) is 14.9.